The van der Waals surface area contributed by atoms with Gasteiger partial charge in [-0.2, -0.15) is 0 Å². The Labute approximate surface area is 147 Å². The van der Waals surface area contributed by atoms with Crippen molar-refractivity contribution < 1.29 is 18.8 Å². The summed E-state index contributed by atoms with van der Waals surface area (Å²) < 4.78 is 9.78. The minimum atomic E-state index is -0.704. The van der Waals surface area contributed by atoms with Crippen LogP contribution in [-0.2, 0) is 16.0 Å². The number of aryl methyl sites for hydroxylation is 2. The van der Waals surface area contributed by atoms with Crippen LogP contribution in [0, 0.1) is 12.8 Å². The molecule has 6 nitrogen and oxygen atoms in total. The number of carbonyl (C=O) groups is 2. The third-order valence-electron chi connectivity index (χ3n) is 3.89. The van der Waals surface area contributed by atoms with Gasteiger partial charge in [-0.15, -0.1) is 0 Å². The van der Waals surface area contributed by atoms with Crippen molar-refractivity contribution >= 4 is 11.9 Å². The molecule has 0 fully saturated rings. The first kappa shape index (κ1) is 18.7. The summed E-state index contributed by atoms with van der Waals surface area (Å²) in [5.41, 5.74) is 2.85. The zero-order valence-corrected chi connectivity index (χ0v) is 15.0. The van der Waals surface area contributed by atoms with E-state index in [0.29, 0.717) is 5.69 Å². The van der Waals surface area contributed by atoms with E-state index < -0.39 is 5.97 Å². The number of ether oxygens (including phenoxy) is 1. The van der Waals surface area contributed by atoms with Gasteiger partial charge in [-0.1, -0.05) is 50.2 Å². The Balaban J connectivity index is 1.94. The van der Waals surface area contributed by atoms with Crippen LogP contribution in [0.25, 0.3) is 0 Å². The Hall–Kier alpha value is -2.63. The molecular weight excluding hydrogens is 320 g/mol. The normalized spacial score (nSPS) is 12.0. The zero-order valence-electron chi connectivity index (χ0n) is 15.0. The quantitative estimate of drug-likeness (QED) is 0.780. The van der Waals surface area contributed by atoms with E-state index >= 15 is 0 Å². The van der Waals surface area contributed by atoms with Gasteiger partial charge in [0.25, 0.3) is 5.91 Å². The summed E-state index contributed by atoms with van der Waals surface area (Å²) in [7, 11) is 0. The van der Waals surface area contributed by atoms with Crippen molar-refractivity contribution in [2.45, 2.75) is 40.2 Å². The minimum absolute atomic E-state index is 0.0131. The van der Waals surface area contributed by atoms with Gasteiger partial charge in [0, 0.05) is 6.07 Å². The third kappa shape index (κ3) is 5.17. The average molecular weight is 344 g/mol. The number of rotatable bonds is 7. The molecule has 6 heteroatoms. The lowest BCUT2D eigenvalue weighted by Gasteiger charge is -2.23. The predicted molar refractivity (Wildman–Crippen MR) is 93.1 cm³/mol. The van der Waals surface area contributed by atoms with Gasteiger partial charge < -0.3 is 14.6 Å². The average Bonchev–Trinajstić information content (AvgIpc) is 3.04. The Morgan fingerprint density at radius 1 is 1.24 bits per heavy atom. The van der Waals surface area contributed by atoms with Crippen LogP contribution in [0.2, 0.25) is 0 Å². The van der Waals surface area contributed by atoms with Crippen molar-refractivity contribution in [3.05, 3.63) is 52.9 Å². The van der Waals surface area contributed by atoms with Crippen LogP contribution >= 0.6 is 0 Å². The van der Waals surface area contributed by atoms with Crippen molar-refractivity contribution in [3.63, 3.8) is 0 Å². The summed E-state index contributed by atoms with van der Waals surface area (Å²) in [5, 5.41) is 6.53. The van der Waals surface area contributed by atoms with E-state index in [1.807, 2.05) is 26.0 Å². The number of aromatic nitrogens is 1. The van der Waals surface area contributed by atoms with E-state index in [0.717, 1.165) is 12.0 Å². The van der Waals surface area contributed by atoms with Crippen molar-refractivity contribution in [1.29, 1.82) is 0 Å². The first-order valence-corrected chi connectivity index (χ1v) is 8.39. The maximum Gasteiger partial charge on any atom is 0.377 e. The highest BCUT2D eigenvalue weighted by molar-refractivity contribution is 5.88. The maximum atomic E-state index is 12.2. The summed E-state index contributed by atoms with van der Waals surface area (Å²) in [4.78, 5) is 23.9. The number of amides is 1. The summed E-state index contributed by atoms with van der Waals surface area (Å²) in [6.07, 6.45) is 0.968. The summed E-state index contributed by atoms with van der Waals surface area (Å²) in [6, 6.07) is 9.48. The summed E-state index contributed by atoms with van der Waals surface area (Å²) in [6.45, 7) is 7.49. The number of nitrogens with one attached hydrogen (secondary N) is 1. The first-order chi connectivity index (χ1) is 11.9. The molecule has 0 aliphatic heterocycles. The molecule has 0 bridgehead atoms. The molecule has 2 rings (SSSR count). The zero-order chi connectivity index (χ0) is 18.4. The van der Waals surface area contributed by atoms with E-state index in [1.54, 1.807) is 6.92 Å². The molecule has 1 atom stereocenters. The lowest BCUT2D eigenvalue weighted by molar-refractivity contribution is -0.125. The molecule has 1 aromatic carbocycles. The van der Waals surface area contributed by atoms with Crippen LogP contribution in [0.1, 0.15) is 54.2 Å². The molecule has 1 amide bonds. The number of hydrogen-bond acceptors (Lipinski definition) is 5. The van der Waals surface area contributed by atoms with Gasteiger partial charge in [0.1, 0.15) is 0 Å². The van der Waals surface area contributed by atoms with Gasteiger partial charge >= 0.3 is 5.97 Å². The molecule has 2 aromatic rings. The largest absolute Gasteiger partial charge is 0.450 e. The lowest BCUT2D eigenvalue weighted by atomic mass is 9.95. The van der Waals surface area contributed by atoms with E-state index in [-0.39, 0.29) is 30.2 Å². The van der Waals surface area contributed by atoms with Crippen molar-refractivity contribution in [2.24, 2.45) is 5.92 Å². The smallest absolute Gasteiger partial charge is 0.377 e. The standard InChI is InChI=1S/C19H24N2O4/c1-5-14-6-8-15(9-7-14)18(12(2)3)20-17(22)11-24-19(23)16-10-13(4)21-25-16/h6-10,12,18H,5,11H2,1-4H3,(H,20,22)/t18-/m0/s1. The second kappa shape index (κ2) is 8.46. The van der Waals surface area contributed by atoms with Crippen molar-refractivity contribution in [1.82, 2.24) is 10.5 Å². The van der Waals surface area contributed by atoms with Gasteiger partial charge in [0.15, 0.2) is 6.61 Å². The highest BCUT2D eigenvalue weighted by atomic mass is 16.6. The van der Waals surface area contributed by atoms with Gasteiger partial charge in [-0.25, -0.2) is 4.79 Å². The summed E-state index contributed by atoms with van der Waals surface area (Å²) >= 11 is 0. The van der Waals surface area contributed by atoms with Gasteiger partial charge in [-0.05, 0) is 30.4 Å². The molecule has 0 saturated carbocycles. The number of esters is 1. The molecule has 0 radical (unpaired) electrons. The van der Waals surface area contributed by atoms with E-state index in [2.05, 4.69) is 29.5 Å². The highest BCUT2D eigenvalue weighted by Crippen LogP contribution is 2.22. The van der Waals surface area contributed by atoms with Crippen LogP contribution in [0.3, 0.4) is 0 Å². The van der Waals surface area contributed by atoms with Crippen LogP contribution < -0.4 is 5.32 Å². The second-order valence-electron chi connectivity index (χ2n) is 6.29. The minimum Gasteiger partial charge on any atom is -0.450 e. The van der Waals surface area contributed by atoms with Crippen LogP contribution in [0.5, 0.6) is 0 Å². The Kier molecular flexibility index (Phi) is 6.33. The third-order valence-corrected chi connectivity index (χ3v) is 3.89. The van der Waals surface area contributed by atoms with E-state index in [1.165, 1.54) is 11.6 Å². The van der Waals surface area contributed by atoms with E-state index in [4.69, 9.17) is 9.26 Å². The van der Waals surface area contributed by atoms with Crippen molar-refractivity contribution in [3.8, 4) is 0 Å². The molecule has 0 aliphatic carbocycles. The fraction of sp³-hybridized carbons (Fsp3) is 0.421. The Bertz CT molecular complexity index is 719. The van der Waals surface area contributed by atoms with Gasteiger partial charge in [-0.3, -0.25) is 4.79 Å². The van der Waals surface area contributed by atoms with Crippen LogP contribution in [0.15, 0.2) is 34.9 Å². The van der Waals surface area contributed by atoms with E-state index in [9.17, 15) is 9.59 Å². The predicted octanol–water partition coefficient (Wildman–Crippen LogP) is 3.22. The molecular formula is C19H24N2O4. The van der Waals surface area contributed by atoms with Crippen molar-refractivity contribution in [2.75, 3.05) is 6.61 Å². The first-order valence-electron chi connectivity index (χ1n) is 8.39. The monoisotopic (exact) mass is 344 g/mol. The molecule has 134 valence electrons. The maximum absolute atomic E-state index is 12.2. The molecule has 0 saturated heterocycles. The molecule has 0 aliphatic rings. The highest BCUT2D eigenvalue weighted by Gasteiger charge is 2.20. The fourth-order valence-corrected chi connectivity index (χ4v) is 2.47. The molecule has 0 spiro atoms. The van der Waals surface area contributed by atoms with Gasteiger partial charge in [0.2, 0.25) is 5.76 Å². The topological polar surface area (TPSA) is 81.4 Å². The van der Waals surface area contributed by atoms with Gasteiger partial charge in [0.05, 0.1) is 11.7 Å². The SMILES string of the molecule is CCc1ccc([C@@H](NC(=O)COC(=O)c2cc(C)no2)C(C)C)cc1. The number of hydrogen-bond donors (Lipinski definition) is 1. The molecule has 0 unspecified atom stereocenters. The fourth-order valence-electron chi connectivity index (χ4n) is 2.47. The number of benzene rings is 1. The molecule has 25 heavy (non-hydrogen) atoms. The number of carbonyl (C=O) groups excluding carboxylic acids is 2. The molecule has 1 N–H and O–H groups in total. The second-order valence-corrected chi connectivity index (χ2v) is 6.29. The van der Waals surface area contributed by atoms with Crippen LogP contribution in [0.4, 0.5) is 0 Å². The summed E-state index contributed by atoms with van der Waals surface area (Å²) in [5.74, 6) is -0.878. The Morgan fingerprint density at radius 2 is 1.92 bits per heavy atom. The Morgan fingerprint density at radius 3 is 2.44 bits per heavy atom. The number of nitrogens with zero attached hydrogens (tertiary/aromatic N) is 1. The molecule has 1 heterocycles. The molecule has 1 aromatic heterocycles. The van der Waals surface area contributed by atoms with Crippen LogP contribution in [-0.4, -0.2) is 23.6 Å². The lowest BCUT2D eigenvalue weighted by Crippen LogP contribution is -2.35.